The molecule has 1 amide bonds. The second kappa shape index (κ2) is 8.51. The average molecular weight is 301 g/mol. The third-order valence-electron chi connectivity index (χ3n) is 3.21. The minimum atomic E-state index is -2.58. The van der Waals surface area contributed by atoms with Crippen LogP contribution in [0.5, 0.6) is 5.88 Å². The van der Waals surface area contributed by atoms with Gasteiger partial charge in [0.2, 0.25) is 11.8 Å². The van der Waals surface area contributed by atoms with Crippen molar-refractivity contribution in [3.63, 3.8) is 0 Å². The monoisotopic (exact) mass is 301 g/mol. The van der Waals surface area contributed by atoms with Crippen LogP contribution in [0.3, 0.4) is 0 Å². The van der Waals surface area contributed by atoms with Crippen molar-refractivity contribution in [3.8, 4) is 5.88 Å². The summed E-state index contributed by atoms with van der Waals surface area (Å²) in [7, 11) is 0. The molecule has 0 aliphatic heterocycles. The summed E-state index contributed by atoms with van der Waals surface area (Å²) in [6.07, 6.45) is -0.338. The number of rotatable bonds is 8. The molecule has 0 saturated heterocycles. The molecule has 3 N–H and O–H groups in total. The number of nitrogens with two attached hydrogens (primary N) is 1. The van der Waals surface area contributed by atoms with E-state index in [1.54, 1.807) is 12.1 Å². The molecule has 1 aromatic rings. The number of ether oxygens (including phenoxy) is 1. The third kappa shape index (κ3) is 5.63. The Morgan fingerprint density at radius 3 is 2.86 bits per heavy atom. The van der Waals surface area contributed by atoms with Gasteiger partial charge in [-0.1, -0.05) is 26.3 Å². The van der Waals surface area contributed by atoms with Gasteiger partial charge in [0, 0.05) is 18.3 Å². The fourth-order valence-electron chi connectivity index (χ4n) is 1.64. The van der Waals surface area contributed by atoms with Crippen LogP contribution in [0.1, 0.15) is 25.8 Å². The van der Waals surface area contributed by atoms with Crippen LogP contribution in [0.2, 0.25) is 0 Å². The summed E-state index contributed by atoms with van der Waals surface area (Å²) in [4.78, 5) is 15.8. The lowest BCUT2D eigenvalue weighted by Crippen LogP contribution is -2.44. The Bertz CT molecular complexity index is 458. The van der Waals surface area contributed by atoms with Crippen molar-refractivity contribution in [1.82, 2.24) is 10.3 Å². The standard InChI is InChI=1S/C14H21F2N3O2/c1-3-9(2)12(17)13(20)19-7-10-5-4-6-18-14(10)21-8-11(15)16/h4-6,9,11-12H,3,7-8,17H2,1-2H3,(H,19,20). The first-order valence-electron chi connectivity index (χ1n) is 6.83. The number of carbonyl (C=O) groups is 1. The molecule has 0 fully saturated rings. The van der Waals surface area contributed by atoms with E-state index < -0.39 is 19.1 Å². The average Bonchev–Trinajstić information content (AvgIpc) is 2.49. The highest BCUT2D eigenvalue weighted by atomic mass is 19.3. The summed E-state index contributed by atoms with van der Waals surface area (Å²) in [6, 6.07) is 2.70. The predicted octanol–water partition coefficient (Wildman–Crippen LogP) is 1.72. The van der Waals surface area contributed by atoms with Crippen LogP contribution >= 0.6 is 0 Å². The number of amides is 1. The molecule has 0 saturated carbocycles. The Morgan fingerprint density at radius 1 is 1.52 bits per heavy atom. The Hall–Kier alpha value is -1.76. The highest BCUT2D eigenvalue weighted by molar-refractivity contribution is 5.81. The molecular formula is C14H21F2N3O2. The van der Waals surface area contributed by atoms with Gasteiger partial charge in [-0.2, -0.15) is 0 Å². The second-order valence-electron chi connectivity index (χ2n) is 4.80. The van der Waals surface area contributed by atoms with E-state index in [0.717, 1.165) is 6.42 Å². The first-order chi connectivity index (χ1) is 9.95. The Balaban J connectivity index is 2.60. The van der Waals surface area contributed by atoms with Crippen LogP contribution in [-0.4, -0.2) is 30.0 Å². The Kier molecular flexibility index (Phi) is 7.01. The molecule has 1 rings (SSSR count). The van der Waals surface area contributed by atoms with Gasteiger partial charge in [-0.15, -0.1) is 0 Å². The van der Waals surface area contributed by atoms with Gasteiger partial charge in [-0.25, -0.2) is 13.8 Å². The number of alkyl halides is 2. The molecule has 0 spiro atoms. The quantitative estimate of drug-likeness (QED) is 0.766. The molecule has 118 valence electrons. The molecular weight excluding hydrogens is 280 g/mol. The van der Waals surface area contributed by atoms with E-state index in [1.807, 2.05) is 13.8 Å². The molecule has 0 aromatic carbocycles. The van der Waals surface area contributed by atoms with Crippen LogP contribution in [-0.2, 0) is 11.3 Å². The number of nitrogens with zero attached hydrogens (tertiary/aromatic N) is 1. The molecule has 1 heterocycles. The van der Waals surface area contributed by atoms with Crippen molar-refractivity contribution < 1.29 is 18.3 Å². The van der Waals surface area contributed by atoms with Gasteiger partial charge in [-0.05, 0) is 12.0 Å². The maximum atomic E-state index is 12.2. The molecule has 0 aliphatic carbocycles. The van der Waals surface area contributed by atoms with Gasteiger partial charge in [0.25, 0.3) is 6.43 Å². The molecule has 21 heavy (non-hydrogen) atoms. The van der Waals surface area contributed by atoms with Crippen LogP contribution < -0.4 is 15.8 Å². The van der Waals surface area contributed by atoms with Crippen molar-refractivity contribution in [2.45, 2.75) is 39.3 Å². The smallest absolute Gasteiger partial charge is 0.272 e. The topological polar surface area (TPSA) is 77.2 Å². The maximum Gasteiger partial charge on any atom is 0.272 e. The van der Waals surface area contributed by atoms with Gasteiger partial charge in [-0.3, -0.25) is 4.79 Å². The Morgan fingerprint density at radius 2 is 2.24 bits per heavy atom. The zero-order valence-corrected chi connectivity index (χ0v) is 12.2. The van der Waals surface area contributed by atoms with Crippen molar-refractivity contribution in [2.24, 2.45) is 11.7 Å². The fraction of sp³-hybridized carbons (Fsp3) is 0.571. The summed E-state index contributed by atoms with van der Waals surface area (Å²) in [5, 5.41) is 2.67. The third-order valence-corrected chi connectivity index (χ3v) is 3.21. The van der Waals surface area contributed by atoms with Crippen molar-refractivity contribution in [2.75, 3.05) is 6.61 Å². The highest BCUT2D eigenvalue weighted by Crippen LogP contribution is 2.15. The number of carbonyl (C=O) groups excluding carboxylic acids is 1. The summed E-state index contributed by atoms with van der Waals surface area (Å²) in [6.45, 7) is 3.25. The summed E-state index contributed by atoms with van der Waals surface area (Å²) in [5.41, 5.74) is 6.34. The van der Waals surface area contributed by atoms with Crippen molar-refractivity contribution in [1.29, 1.82) is 0 Å². The summed E-state index contributed by atoms with van der Waals surface area (Å²) >= 11 is 0. The van der Waals surface area contributed by atoms with Gasteiger partial charge in [0.05, 0.1) is 6.04 Å². The highest BCUT2D eigenvalue weighted by Gasteiger charge is 2.19. The maximum absolute atomic E-state index is 12.2. The number of halogens is 2. The van der Waals surface area contributed by atoms with Gasteiger partial charge >= 0.3 is 0 Å². The SMILES string of the molecule is CCC(C)C(N)C(=O)NCc1cccnc1OCC(F)F. The lowest BCUT2D eigenvalue weighted by atomic mass is 9.99. The normalized spacial score (nSPS) is 13.8. The van der Waals surface area contributed by atoms with Crippen molar-refractivity contribution in [3.05, 3.63) is 23.9 Å². The first-order valence-corrected chi connectivity index (χ1v) is 6.83. The van der Waals surface area contributed by atoms with E-state index in [1.165, 1.54) is 6.20 Å². The fourth-order valence-corrected chi connectivity index (χ4v) is 1.64. The summed E-state index contributed by atoms with van der Waals surface area (Å²) in [5.74, 6) is -0.128. The zero-order valence-electron chi connectivity index (χ0n) is 12.2. The van der Waals surface area contributed by atoms with Crippen LogP contribution in [0.15, 0.2) is 18.3 Å². The summed E-state index contributed by atoms with van der Waals surface area (Å²) < 4.78 is 29.2. The van der Waals surface area contributed by atoms with Gasteiger partial charge in [0.15, 0.2) is 6.61 Å². The number of hydrogen-bond donors (Lipinski definition) is 2. The number of pyridine rings is 1. The minimum absolute atomic E-state index is 0.0634. The van der Waals surface area contributed by atoms with E-state index in [2.05, 4.69) is 10.3 Å². The van der Waals surface area contributed by atoms with Crippen LogP contribution in [0.4, 0.5) is 8.78 Å². The molecule has 2 atom stereocenters. The lowest BCUT2D eigenvalue weighted by Gasteiger charge is -2.18. The molecule has 5 nitrogen and oxygen atoms in total. The number of hydrogen-bond acceptors (Lipinski definition) is 4. The van der Waals surface area contributed by atoms with Gasteiger partial charge in [0.1, 0.15) is 0 Å². The molecule has 0 bridgehead atoms. The Labute approximate surface area is 122 Å². The molecule has 7 heteroatoms. The molecule has 0 radical (unpaired) electrons. The minimum Gasteiger partial charge on any atom is -0.471 e. The van der Waals surface area contributed by atoms with E-state index in [0.29, 0.717) is 5.56 Å². The number of nitrogens with one attached hydrogen (secondary N) is 1. The van der Waals surface area contributed by atoms with Crippen LogP contribution in [0, 0.1) is 5.92 Å². The van der Waals surface area contributed by atoms with E-state index >= 15 is 0 Å². The first kappa shape index (κ1) is 17.3. The second-order valence-corrected chi connectivity index (χ2v) is 4.80. The molecule has 1 aromatic heterocycles. The lowest BCUT2D eigenvalue weighted by molar-refractivity contribution is -0.123. The van der Waals surface area contributed by atoms with E-state index in [-0.39, 0.29) is 24.2 Å². The zero-order chi connectivity index (χ0) is 15.8. The van der Waals surface area contributed by atoms with Gasteiger partial charge < -0.3 is 15.8 Å². The number of aromatic nitrogens is 1. The molecule has 2 unspecified atom stereocenters. The van der Waals surface area contributed by atoms with E-state index in [4.69, 9.17) is 10.5 Å². The predicted molar refractivity (Wildman–Crippen MR) is 75.0 cm³/mol. The van der Waals surface area contributed by atoms with E-state index in [9.17, 15) is 13.6 Å². The largest absolute Gasteiger partial charge is 0.471 e. The van der Waals surface area contributed by atoms with Crippen LogP contribution in [0.25, 0.3) is 0 Å². The molecule has 0 aliphatic rings. The van der Waals surface area contributed by atoms with Crippen molar-refractivity contribution >= 4 is 5.91 Å².